The smallest absolute Gasteiger partial charge is 0.333 e. The summed E-state index contributed by atoms with van der Waals surface area (Å²) in [5.41, 5.74) is 0.406. The zero-order valence-corrected chi connectivity index (χ0v) is 13.2. The van der Waals surface area contributed by atoms with Gasteiger partial charge in [-0.3, -0.25) is 4.79 Å². The molecule has 118 valence electrons. The molecule has 1 aliphatic heterocycles. The molecular formula is C15H22O5S. The molecular weight excluding hydrogens is 292 g/mol. The molecule has 3 unspecified atom stereocenters. The summed E-state index contributed by atoms with van der Waals surface area (Å²) in [7, 11) is 0. The van der Waals surface area contributed by atoms with E-state index in [1.54, 1.807) is 18.7 Å². The molecule has 6 heteroatoms. The van der Waals surface area contributed by atoms with E-state index in [1.165, 1.54) is 0 Å². The molecule has 1 saturated carbocycles. The molecule has 0 radical (unpaired) electrons. The first-order chi connectivity index (χ1) is 10.1. The van der Waals surface area contributed by atoms with Crippen molar-refractivity contribution >= 4 is 23.7 Å². The number of hydrogen-bond acceptors (Lipinski definition) is 6. The van der Waals surface area contributed by atoms with Crippen LogP contribution in [0.15, 0.2) is 12.2 Å². The number of ether oxygens (including phenoxy) is 3. The van der Waals surface area contributed by atoms with Gasteiger partial charge < -0.3 is 14.2 Å². The van der Waals surface area contributed by atoms with E-state index in [1.807, 2.05) is 0 Å². The second-order valence-electron chi connectivity index (χ2n) is 5.42. The zero-order chi connectivity index (χ0) is 15.2. The summed E-state index contributed by atoms with van der Waals surface area (Å²) in [6.45, 7) is 5.89. The lowest BCUT2D eigenvalue weighted by Crippen LogP contribution is -2.24. The van der Waals surface area contributed by atoms with Gasteiger partial charge in [-0.15, -0.1) is 0 Å². The van der Waals surface area contributed by atoms with Crippen molar-refractivity contribution in [2.24, 2.45) is 5.92 Å². The molecule has 3 atom stereocenters. The first-order valence-electron chi connectivity index (χ1n) is 7.30. The molecule has 0 aromatic rings. The van der Waals surface area contributed by atoms with Crippen molar-refractivity contribution in [3.63, 3.8) is 0 Å². The molecule has 0 aromatic heterocycles. The van der Waals surface area contributed by atoms with Gasteiger partial charge in [-0.1, -0.05) is 6.58 Å². The van der Waals surface area contributed by atoms with Crippen LogP contribution in [0, 0.1) is 5.92 Å². The van der Waals surface area contributed by atoms with Gasteiger partial charge >= 0.3 is 11.9 Å². The summed E-state index contributed by atoms with van der Waals surface area (Å²) in [5, 5.41) is 0. The molecule has 1 aliphatic carbocycles. The number of rotatable bonds is 8. The Morgan fingerprint density at radius 2 is 1.90 bits per heavy atom. The fourth-order valence-electron chi connectivity index (χ4n) is 2.36. The Labute approximate surface area is 129 Å². The van der Waals surface area contributed by atoms with E-state index in [0.29, 0.717) is 42.5 Å². The van der Waals surface area contributed by atoms with Gasteiger partial charge in [-0.2, -0.15) is 11.8 Å². The number of fused-ring (bicyclic) bond motifs is 1. The standard InChI is InChI=1S/C15H22O5S/c1-10(2)14(16)18-5-7-21-8-6-19-15(17)11-3-4-12-13(9-11)20-12/h11-13H,1,3-9H2,2H3. The third-order valence-corrected chi connectivity index (χ3v) is 4.53. The lowest BCUT2D eigenvalue weighted by Gasteiger charge is -2.17. The maximum Gasteiger partial charge on any atom is 0.333 e. The Morgan fingerprint density at radius 1 is 1.19 bits per heavy atom. The van der Waals surface area contributed by atoms with Crippen LogP contribution in [0.3, 0.4) is 0 Å². The molecule has 1 saturated heterocycles. The third kappa shape index (κ3) is 5.36. The average molecular weight is 314 g/mol. The minimum absolute atomic E-state index is 0.00951. The minimum atomic E-state index is -0.361. The Bertz CT molecular complexity index is 409. The van der Waals surface area contributed by atoms with Crippen LogP contribution in [0.25, 0.3) is 0 Å². The number of esters is 2. The van der Waals surface area contributed by atoms with Gasteiger partial charge in [0, 0.05) is 17.1 Å². The first kappa shape index (κ1) is 16.4. The highest BCUT2D eigenvalue weighted by Gasteiger charge is 2.46. The zero-order valence-electron chi connectivity index (χ0n) is 12.3. The van der Waals surface area contributed by atoms with E-state index in [4.69, 9.17) is 14.2 Å². The predicted molar refractivity (Wildman–Crippen MR) is 80.1 cm³/mol. The Morgan fingerprint density at radius 3 is 2.57 bits per heavy atom. The van der Waals surface area contributed by atoms with Crippen molar-refractivity contribution in [3.8, 4) is 0 Å². The van der Waals surface area contributed by atoms with Crippen molar-refractivity contribution in [2.75, 3.05) is 24.7 Å². The van der Waals surface area contributed by atoms with Crippen molar-refractivity contribution < 1.29 is 23.8 Å². The minimum Gasteiger partial charge on any atom is -0.465 e. The topological polar surface area (TPSA) is 65.1 Å². The van der Waals surface area contributed by atoms with Gasteiger partial charge in [-0.05, 0) is 26.2 Å². The van der Waals surface area contributed by atoms with Crippen molar-refractivity contribution in [3.05, 3.63) is 12.2 Å². The summed E-state index contributed by atoms with van der Waals surface area (Å²) < 4.78 is 15.6. The normalized spacial score (nSPS) is 26.6. The largest absolute Gasteiger partial charge is 0.465 e. The monoisotopic (exact) mass is 314 g/mol. The van der Waals surface area contributed by atoms with Crippen LogP contribution >= 0.6 is 11.8 Å². The van der Waals surface area contributed by atoms with E-state index in [0.717, 1.165) is 19.3 Å². The Kier molecular flexibility index (Phi) is 6.11. The van der Waals surface area contributed by atoms with Crippen molar-refractivity contribution in [1.29, 1.82) is 0 Å². The van der Waals surface area contributed by atoms with Crippen LogP contribution < -0.4 is 0 Å². The van der Waals surface area contributed by atoms with Crippen molar-refractivity contribution in [2.45, 2.75) is 38.4 Å². The summed E-state index contributed by atoms with van der Waals surface area (Å²) in [6.07, 6.45) is 3.38. The quantitative estimate of drug-likeness (QED) is 0.295. The summed E-state index contributed by atoms with van der Waals surface area (Å²) in [5.74, 6) is 0.955. The highest BCUT2D eigenvalue weighted by molar-refractivity contribution is 7.99. The molecule has 2 aliphatic rings. The van der Waals surface area contributed by atoms with Gasteiger partial charge in [0.25, 0.3) is 0 Å². The van der Waals surface area contributed by atoms with Gasteiger partial charge in [0.1, 0.15) is 13.2 Å². The molecule has 21 heavy (non-hydrogen) atoms. The number of carbonyl (C=O) groups excluding carboxylic acids is 2. The number of carbonyl (C=O) groups is 2. The molecule has 2 rings (SSSR count). The number of hydrogen-bond donors (Lipinski definition) is 0. The van der Waals surface area contributed by atoms with E-state index in [2.05, 4.69) is 6.58 Å². The van der Waals surface area contributed by atoms with Crippen LogP contribution in [0.5, 0.6) is 0 Å². The fourth-order valence-corrected chi connectivity index (χ4v) is 2.96. The second kappa shape index (κ2) is 7.84. The van der Waals surface area contributed by atoms with Crippen LogP contribution in [0.1, 0.15) is 26.2 Å². The Hall–Kier alpha value is -1.01. The average Bonchev–Trinajstić information content (AvgIpc) is 3.23. The molecule has 2 fully saturated rings. The molecule has 0 N–H and O–H groups in total. The molecule has 0 amide bonds. The van der Waals surface area contributed by atoms with Gasteiger partial charge in [0.2, 0.25) is 0 Å². The van der Waals surface area contributed by atoms with E-state index in [9.17, 15) is 9.59 Å². The van der Waals surface area contributed by atoms with Crippen LogP contribution in [-0.2, 0) is 23.8 Å². The fraction of sp³-hybridized carbons (Fsp3) is 0.733. The van der Waals surface area contributed by atoms with Crippen LogP contribution in [0.2, 0.25) is 0 Å². The highest BCUT2D eigenvalue weighted by Crippen LogP contribution is 2.39. The summed E-state index contributed by atoms with van der Waals surface area (Å²) >= 11 is 1.60. The maximum absolute atomic E-state index is 11.8. The van der Waals surface area contributed by atoms with E-state index < -0.39 is 0 Å². The molecule has 1 heterocycles. The summed E-state index contributed by atoms with van der Waals surface area (Å²) in [6, 6.07) is 0. The van der Waals surface area contributed by atoms with Gasteiger partial charge in [0.05, 0.1) is 18.1 Å². The molecule has 0 spiro atoms. The summed E-state index contributed by atoms with van der Waals surface area (Å²) in [4.78, 5) is 23.0. The predicted octanol–water partition coefficient (Wildman–Crippen LogP) is 1.95. The maximum atomic E-state index is 11.8. The second-order valence-corrected chi connectivity index (χ2v) is 6.64. The SMILES string of the molecule is C=C(C)C(=O)OCCSCCOC(=O)C1CCC2OC2C1. The third-order valence-electron chi connectivity index (χ3n) is 3.62. The van der Waals surface area contributed by atoms with E-state index in [-0.39, 0.29) is 17.9 Å². The van der Waals surface area contributed by atoms with Crippen molar-refractivity contribution in [1.82, 2.24) is 0 Å². The molecule has 5 nitrogen and oxygen atoms in total. The van der Waals surface area contributed by atoms with Crippen LogP contribution in [-0.4, -0.2) is 48.9 Å². The van der Waals surface area contributed by atoms with Crippen LogP contribution in [0.4, 0.5) is 0 Å². The lowest BCUT2D eigenvalue weighted by molar-refractivity contribution is -0.148. The molecule has 0 aromatic carbocycles. The highest BCUT2D eigenvalue weighted by atomic mass is 32.2. The Balaban J connectivity index is 1.45. The number of epoxide rings is 1. The number of thioether (sulfide) groups is 1. The molecule has 0 bridgehead atoms. The van der Waals surface area contributed by atoms with Gasteiger partial charge in [0.15, 0.2) is 0 Å². The lowest BCUT2D eigenvalue weighted by atomic mass is 9.89. The van der Waals surface area contributed by atoms with Gasteiger partial charge in [-0.25, -0.2) is 4.79 Å². The first-order valence-corrected chi connectivity index (χ1v) is 8.46. The van der Waals surface area contributed by atoms with E-state index >= 15 is 0 Å².